The van der Waals surface area contributed by atoms with Crippen molar-refractivity contribution in [3.05, 3.63) is 78.9 Å². The number of halogens is 3. The molecule has 0 saturated carbocycles. The first-order valence-corrected chi connectivity index (χ1v) is 12.0. The summed E-state index contributed by atoms with van der Waals surface area (Å²) in [5.41, 5.74) is 8.08. The number of likely N-dealkylation sites (N-methyl/N-ethyl adjacent to an activating group) is 1. The number of aromatic nitrogens is 4. The zero-order chi connectivity index (χ0) is 25.4. The lowest BCUT2D eigenvalue weighted by molar-refractivity contribution is -0.117. The lowest BCUT2D eigenvalue weighted by atomic mass is 10.1. The van der Waals surface area contributed by atoms with Gasteiger partial charge in [0.25, 0.3) is 5.56 Å². The Morgan fingerprint density at radius 1 is 1.14 bits per heavy atom. The molecule has 4 rings (SSSR count). The molecule has 2 heterocycles. The highest BCUT2D eigenvalue weighted by molar-refractivity contribution is 6.40. The Labute approximate surface area is 216 Å². The smallest absolute Gasteiger partial charge is 0.262 e. The average molecular weight is 534 g/mol. The number of hydrogen-bond acceptors (Lipinski definition) is 5. The molecule has 8 nitrogen and oxygen atoms in total. The Morgan fingerprint density at radius 2 is 1.77 bits per heavy atom. The molecule has 11 heteroatoms. The van der Waals surface area contributed by atoms with Crippen molar-refractivity contribution in [2.45, 2.75) is 26.2 Å². The fourth-order valence-electron chi connectivity index (χ4n) is 3.79. The van der Waals surface area contributed by atoms with Gasteiger partial charge >= 0.3 is 0 Å². The zero-order valence-electron chi connectivity index (χ0n) is 19.3. The van der Waals surface area contributed by atoms with Crippen LogP contribution in [-0.2, 0) is 11.2 Å². The highest BCUT2D eigenvalue weighted by atomic mass is 35.5. The van der Waals surface area contributed by atoms with Crippen LogP contribution < -0.4 is 16.2 Å². The number of nitrogens with two attached hydrogens (primary N) is 1. The van der Waals surface area contributed by atoms with E-state index in [9.17, 15) is 9.59 Å². The minimum absolute atomic E-state index is 0.0434. The van der Waals surface area contributed by atoms with Crippen LogP contribution in [0.4, 0.5) is 5.69 Å². The van der Waals surface area contributed by atoms with E-state index in [-0.39, 0.29) is 34.0 Å². The molecule has 4 aromatic rings. The number of H-pyrrole nitrogens is 1. The van der Waals surface area contributed by atoms with Crippen LogP contribution in [-0.4, -0.2) is 39.2 Å². The van der Waals surface area contributed by atoms with Gasteiger partial charge in [-0.15, -0.1) is 0 Å². The highest BCUT2D eigenvalue weighted by Crippen LogP contribution is 2.34. The Morgan fingerprint density at radius 3 is 2.34 bits per heavy atom. The summed E-state index contributed by atoms with van der Waals surface area (Å²) in [7, 11) is 1.66. The minimum Gasteiger partial charge on any atom is -0.322 e. The Kier molecular flexibility index (Phi) is 7.19. The number of rotatable bonds is 6. The van der Waals surface area contributed by atoms with Crippen LogP contribution in [0.15, 0.2) is 41.2 Å². The van der Waals surface area contributed by atoms with Gasteiger partial charge in [-0.1, -0.05) is 60.8 Å². The van der Waals surface area contributed by atoms with Crippen molar-refractivity contribution >= 4 is 57.4 Å². The molecule has 2 aromatic carbocycles. The number of carbonyl (C=O) groups excluding carboxylic acids is 1. The Balaban J connectivity index is 1.80. The molecule has 0 atom stereocenters. The molecule has 2 aromatic heterocycles. The summed E-state index contributed by atoms with van der Waals surface area (Å²) >= 11 is 19.0. The molecule has 0 radical (unpaired) electrons. The molecule has 0 aliphatic carbocycles. The summed E-state index contributed by atoms with van der Waals surface area (Å²) in [5, 5.41) is 5.99. The number of nitrogens with one attached hydrogen (secondary N) is 1. The van der Waals surface area contributed by atoms with E-state index in [1.54, 1.807) is 19.2 Å². The molecule has 0 spiro atoms. The van der Waals surface area contributed by atoms with Gasteiger partial charge in [-0.25, -0.2) is 9.67 Å². The fourth-order valence-corrected chi connectivity index (χ4v) is 4.77. The summed E-state index contributed by atoms with van der Waals surface area (Å²) in [6, 6.07) is 10.5. The number of fused-ring (bicyclic) bond motifs is 1. The number of anilines is 1. The van der Waals surface area contributed by atoms with Crippen molar-refractivity contribution in [1.29, 1.82) is 0 Å². The second-order valence-electron chi connectivity index (χ2n) is 8.38. The molecule has 0 saturated heterocycles. The van der Waals surface area contributed by atoms with E-state index in [4.69, 9.17) is 45.5 Å². The SMILES string of the molecule is CC(C)c1nn(-c2c(Cl)cc(Cl)cc2Cl)c2nc(Cc3ccc(N(C)C(=O)CN)cc3)[nH]c(=O)c12. The molecule has 182 valence electrons. The zero-order valence-corrected chi connectivity index (χ0v) is 21.5. The normalized spacial score (nSPS) is 11.4. The molecular weight excluding hydrogens is 511 g/mol. The molecule has 3 N–H and O–H groups in total. The van der Waals surface area contributed by atoms with Crippen LogP contribution in [0.3, 0.4) is 0 Å². The second-order valence-corrected chi connectivity index (χ2v) is 9.63. The van der Waals surface area contributed by atoms with Crippen LogP contribution in [0.5, 0.6) is 0 Å². The summed E-state index contributed by atoms with van der Waals surface area (Å²) in [6.45, 7) is 3.81. The molecular formula is C24H23Cl3N6O2. The third-order valence-corrected chi connectivity index (χ3v) is 6.39. The topological polar surface area (TPSA) is 110 Å². The molecule has 0 unspecified atom stereocenters. The van der Waals surface area contributed by atoms with Crippen molar-refractivity contribution in [3.8, 4) is 5.69 Å². The van der Waals surface area contributed by atoms with Gasteiger partial charge < -0.3 is 15.6 Å². The molecule has 0 fully saturated rings. The number of benzene rings is 2. The first-order valence-electron chi connectivity index (χ1n) is 10.8. The number of amides is 1. The predicted molar refractivity (Wildman–Crippen MR) is 140 cm³/mol. The maximum absolute atomic E-state index is 13.1. The van der Waals surface area contributed by atoms with Gasteiger partial charge in [0.15, 0.2) is 5.65 Å². The van der Waals surface area contributed by atoms with E-state index in [1.807, 2.05) is 38.1 Å². The van der Waals surface area contributed by atoms with Crippen LogP contribution in [0.25, 0.3) is 16.7 Å². The second kappa shape index (κ2) is 9.99. The van der Waals surface area contributed by atoms with E-state index in [0.717, 1.165) is 5.56 Å². The van der Waals surface area contributed by atoms with Crippen LogP contribution in [0.2, 0.25) is 15.1 Å². The van der Waals surface area contributed by atoms with Gasteiger partial charge in [0.1, 0.15) is 16.9 Å². The highest BCUT2D eigenvalue weighted by Gasteiger charge is 2.23. The van der Waals surface area contributed by atoms with Gasteiger partial charge in [0.05, 0.1) is 22.3 Å². The first-order chi connectivity index (χ1) is 16.6. The number of nitrogens with zero attached hydrogens (tertiary/aromatic N) is 4. The van der Waals surface area contributed by atoms with Gasteiger partial charge in [-0.05, 0) is 35.7 Å². The Hall–Kier alpha value is -2.91. The van der Waals surface area contributed by atoms with Gasteiger partial charge in [-0.2, -0.15) is 5.10 Å². The van der Waals surface area contributed by atoms with Crippen molar-refractivity contribution in [2.75, 3.05) is 18.5 Å². The van der Waals surface area contributed by atoms with E-state index >= 15 is 0 Å². The number of carbonyl (C=O) groups is 1. The van der Waals surface area contributed by atoms with E-state index in [1.165, 1.54) is 9.58 Å². The molecule has 0 aliphatic heterocycles. The number of aromatic amines is 1. The standard InChI is InChI=1S/C24H23Cl3N6O2/c1-12(2)21-20-23(33(31-21)22-16(26)9-14(25)10-17(22)27)29-18(30-24(20)35)8-13-4-6-15(7-5-13)32(3)19(34)11-28/h4-7,9-10,12H,8,11,28H2,1-3H3,(H,29,30,35). The fraction of sp³-hybridized carbons (Fsp3) is 0.250. The molecule has 0 bridgehead atoms. The van der Waals surface area contributed by atoms with Crippen LogP contribution in [0.1, 0.15) is 36.8 Å². The molecule has 1 amide bonds. The largest absolute Gasteiger partial charge is 0.322 e. The Bertz CT molecular complexity index is 1450. The predicted octanol–water partition coefficient (Wildman–Crippen LogP) is 4.70. The van der Waals surface area contributed by atoms with Crippen molar-refractivity contribution in [1.82, 2.24) is 19.7 Å². The number of hydrogen-bond donors (Lipinski definition) is 2. The third kappa shape index (κ3) is 4.92. The molecule has 0 aliphatic rings. The minimum atomic E-state index is -0.300. The lowest BCUT2D eigenvalue weighted by Gasteiger charge is -2.16. The quantitative estimate of drug-likeness (QED) is 0.373. The van der Waals surface area contributed by atoms with Gasteiger partial charge in [0, 0.05) is 24.2 Å². The third-order valence-electron chi connectivity index (χ3n) is 5.60. The van der Waals surface area contributed by atoms with Crippen molar-refractivity contribution in [2.24, 2.45) is 5.73 Å². The summed E-state index contributed by atoms with van der Waals surface area (Å²) in [5.74, 6) is 0.209. The maximum Gasteiger partial charge on any atom is 0.262 e. The molecule has 35 heavy (non-hydrogen) atoms. The first kappa shape index (κ1) is 25.2. The summed E-state index contributed by atoms with van der Waals surface area (Å²) in [6.07, 6.45) is 0.351. The average Bonchev–Trinajstić information content (AvgIpc) is 3.18. The van der Waals surface area contributed by atoms with Crippen molar-refractivity contribution < 1.29 is 4.79 Å². The van der Waals surface area contributed by atoms with E-state index in [0.29, 0.717) is 45.4 Å². The summed E-state index contributed by atoms with van der Waals surface area (Å²) < 4.78 is 1.50. The van der Waals surface area contributed by atoms with Gasteiger partial charge in [0.2, 0.25) is 5.91 Å². The van der Waals surface area contributed by atoms with Crippen LogP contribution >= 0.6 is 34.8 Å². The van der Waals surface area contributed by atoms with E-state index in [2.05, 4.69) is 10.1 Å². The van der Waals surface area contributed by atoms with Gasteiger partial charge in [-0.3, -0.25) is 9.59 Å². The monoisotopic (exact) mass is 532 g/mol. The maximum atomic E-state index is 13.1. The summed E-state index contributed by atoms with van der Waals surface area (Å²) in [4.78, 5) is 34.1. The van der Waals surface area contributed by atoms with Crippen molar-refractivity contribution in [3.63, 3.8) is 0 Å². The lowest BCUT2D eigenvalue weighted by Crippen LogP contribution is -2.32. The van der Waals surface area contributed by atoms with E-state index < -0.39 is 0 Å². The van der Waals surface area contributed by atoms with Crippen LogP contribution in [0, 0.1) is 0 Å².